The first kappa shape index (κ1) is 10.3. The molecule has 0 atom stereocenters. The van der Waals surface area contributed by atoms with E-state index in [0.717, 1.165) is 12.8 Å². The summed E-state index contributed by atoms with van der Waals surface area (Å²) in [6, 6.07) is 0. The summed E-state index contributed by atoms with van der Waals surface area (Å²) in [6.07, 6.45) is 2.65. The second-order valence-electron chi connectivity index (χ2n) is 2.49. The van der Waals surface area contributed by atoms with Crippen LogP contribution in [-0.4, -0.2) is 26.1 Å². The predicted molar refractivity (Wildman–Crippen MR) is 43.1 cm³/mol. The van der Waals surface area contributed by atoms with E-state index >= 15 is 0 Å². The van der Waals surface area contributed by atoms with Gasteiger partial charge in [0.1, 0.15) is 0 Å². The van der Waals surface area contributed by atoms with Gasteiger partial charge in [-0.3, -0.25) is 0 Å². The summed E-state index contributed by atoms with van der Waals surface area (Å²) < 4.78 is 5.11. The molecule has 0 bridgehead atoms. The van der Waals surface area contributed by atoms with Gasteiger partial charge in [0.05, 0.1) is 0 Å². The standard InChI is InChI=1S/C5H10O2.2CH3.Sn/c1-2-3-4-5(6)7;;;/h2-4H2,1H3,(H,6,7);2*1H3;/q;;;+1/p-1. The van der Waals surface area contributed by atoms with Gasteiger partial charge in [-0.05, 0) is 0 Å². The normalized spacial score (nSPS) is 10.0. The molecule has 0 aromatic rings. The van der Waals surface area contributed by atoms with Crippen molar-refractivity contribution < 1.29 is 7.87 Å². The molecular weight excluding hydrogens is 235 g/mol. The number of unbranched alkanes of at least 4 members (excludes halogenated alkanes) is 1. The molecule has 0 spiro atoms. The van der Waals surface area contributed by atoms with Crippen LogP contribution in [0.4, 0.5) is 0 Å². The summed E-state index contributed by atoms with van der Waals surface area (Å²) in [5.41, 5.74) is 0. The Balaban J connectivity index is 3.26. The molecule has 0 unspecified atom stereocenters. The zero-order valence-electron chi connectivity index (χ0n) is 6.94. The Morgan fingerprint density at radius 2 is 2.10 bits per heavy atom. The molecule has 0 fully saturated rings. The van der Waals surface area contributed by atoms with Crippen LogP contribution >= 0.6 is 0 Å². The van der Waals surface area contributed by atoms with E-state index in [1.54, 1.807) is 0 Å². The Hall–Kier alpha value is 0.269. The molecule has 0 aliphatic rings. The van der Waals surface area contributed by atoms with Gasteiger partial charge >= 0.3 is 70.1 Å². The first-order valence-corrected chi connectivity index (χ1v) is 10.5. The molecule has 1 radical (unpaired) electrons. The third-order valence-corrected chi connectivity index (χ3v) is 2.87. The Labute approximate surface area is 70.2 Å². The second kappa shape index (κ2) is 6.01. The fourth-order valence-electron chi connectivity index (χ4n) is 0.600. The predicted octanol–water partition coefficient (Wildman–Crippen LogP) is 1.97. The fourth-order valence-corrected chi connectivity index (χ4v) is 2.19. The molecule has 0 heterocycles. The average Bonchev–Trinajstić information content (AvgIpc) is 1.82. The SMILES string of the molecule is CCCCC(=O)[O][Sn]([CH3])[CH3]. The van der Waals surface area contributed by atoms with Gasteiger partial charge in [0.25, 0.3) is 0 Å². The Bertz CT molecular complexity index is 102. The topological polar surface area (TPSA) is 26.3 Å². The van der Waals surface area contributed by atoms with E-state index < -0.39 is 20.2 Å². The van der Waals surface area contributed by atoms with E-state index in [-0.39, 0.29) is 5.97 Å². The van der Waals surface area contributed by atoms with Crippen molar-refractivity contribution >= 4 is 26.1 Å². The first-order valence-electron chi connectivity index (χ1n) is 3.67. The minimum absolute atomic E-state index is 0.0150. The van der Waals surface area contributed by atoms with Gasteiger partial charge in [-0.2, -0.15) is 0 Å². The van der Waals surface area contributed by atoms with Gasteiger partial charge in [0.2, 0.25) is 0 Å². The number of hydrogen-bond acceptors (Lipinski definition) is 2. The minimum atomic E-state index is -1.60. The van der Waals surface area contributed by atoms with Crippen molar-refractivity contribution in [1.82, 2.24) is 0 Å². The van der Waals surface area contributed by atoms with Crippen LogP contribution in [0.15, 0.2) is 0 Å². The summed E-state index contributed by atoms with van der Waals surface area (Å²) in [5, 5.41) is 0. The van der Waals surface area contributed by atoms with Gasteiger partial charge in [0, 0.05) is 0 Å². The van der Waals surface area contributed by atoms with Crippen molar-refractivity contribution in [3.05, 3.63) is 0 Å². The molecular formula is C7H15O2Sn. The van der Waals surface area contributed by atoms with Crippen molar-refractivity contribution in [1.29, 1.82) is 0 Å². The molecule has 2 nitrogen and oxygen atoms in total. The zero-order chi connectivity index (χ0) is 7.98. The average molecular weight is 250 g/mol. The van der Waals surface area contributed by atoms with Crippen LogP contribution in [0, 0.1) is 0 Å². The van der Waals surface area contributed by atoms with Crippen LogP contribution in [0.3, 0.4) is 0 Å². The molecule has 0 aliphatic heterocycles. The van der Waals surface area contributed by atoms with E-state index in [1.165, 1.54) is 0 Å². The second-order valence-corrected chi connectivity index (χ2v) is 8.25. The molecule has 59 valence electrons. The van der Waals surface area contributed by atoms with Crippen molar-refractivity contribution in [2.75, 3.05) is 0 Å². The Morgan fingerprint density at radius 3 is 2.50 bits per heavy atom. The van der Waals surface area contributed by atoms with E-state index in [4.69, 9.17) is 3.07 Å². The summed E-state index contributed by atoms with van der Waals surface area (Å²) in [6.45, 7) is 2.07. The van der Waals surface area contributed by atoms with Crippen LogP contribution < -0.4 is 0 Å². The summed E-state index contributed by atoms with van der Waals surface area (Å²) >= 11 is -1.60. The zero-order valence-corrected chi connectivity index (χ0v) is 9.79. The number of hydrogen-bond donors (Lipinski definition) is 0. The summed E-state index contributed by atoms with van der Waals surface area (Å²) in [5.74, 6) is 0.0150. The quantitative estimate of drug-likeness (QED) is 0.713. The summed E-state index contributed by atoms with van der Waals surface area (Å²) in [7, 11) is 0. The molecule has 0 amide bonds. The molecule has 0 N–H and O–H groups in total. The van der Waals surface area contributed by atoms with E-state index in [1.807, 2.05) is 0 Å². The maximum atomic E-state index is 10.8. The van der Waals surface area contributed by atoms with Crippen LogP contribution in [-0.2, 0) is 7.87 Å². The van der Waals surface area contributed by atoms with Gasteiger partial charge in [-0.15, -0.1) is 0 Å². The number of rotatable bonds is 4. The van der Waals surface area contributed by atoms with Crippen molar-refractivity contribution in [2.24, 2.45) is 0 Å². The molecule has 0 aromatic heterocycles. The van der Waals surface area contributed by atoms with E-state index in [2.05, 4.69) is 16.8 Å². The van der Waals surface area contributed by atoms with Gasteiger partial charge in [0.15, 0.2) is 0 Å². The fraction of sp³-hybridized carbons (Fsp3) is 0.857. The van der Waals surface area contributed by atoms with Gasteiger partial charge in [-0.1, -0.05) is 0 Å². The van der Waals surface area contributed by atoms with E-state index in [0.29, 0.717) is 6.42 Å². The summed E-state index contributed by atoms with van der Waals surface area (Å²) in [4.78, 5) is 15.0. The molecule has 0 rings (SSSR count). The van der Waals surface area contributed by atoms with Crippen LogP contribution in [0.25, 0.3) is 0 Å². The third-order valence-electron chi connectivity index (χ3n) is 1.05. The molecule has 10 heavy (non-hydrogen) atoms. The van der Waals surface area contributed by atoms with Crippen LogP contribution in [0.2, 0.25) is 9.88 Å². The first-order chi connectivity index (χ1) is 4.66. The Morgan fingerprint density at radius 1 is 1.50 bits per heavy atom. The molecule has 0 aromatic carbocycles. The van der Waals surface area contributed by atoms with E-state index in [9.17, 15) is 4.79 Å². The van der Waals surface area contributed by atoms with Gasteiger partial charge in [-0.25, -0.2) is 0 Å². The Kier molecular flexibility index (Phi) is 6.17. The third kappa shape index (κ3) is 6.39. The molecule has 3 heteroatoms. The molecule has 0 saturated heterocycles. The van der Waals surface area contributed by atoms with Crippen molar-refractivity contribution in [2.45, 2.75) is 36.1 Å². The molecule has 0 aliphatic carbocycles. The number of carbonyl (C=O) groups excluding carboxylic acids is 1. The van der Waals surface area contributed by atoms with Crippen LogP contribution in [0.5, 0.6) is 0 Å². The maximum absolute atomic E-state index is 10.8. The van der Waals surface area contributed by atoms with Gasteiger partial charge < -0.3 is 0 Å². The van der Waals surface area contributed by atoms with Crippen molar-refractivity contribution in [3.63, 3.8) is 0 Å². The monoisotopic (exact) mass is 251 g/mol. The van der Waals surface area contributed by atoms with Crippen molar-refractivity contribution in [3.8, 4) is 0 Å². The molecule has 0 saturated carbocycles. The number of carbonyl (C=O) groups is 1. The van der Waals surface area contributed by atoms with Crippen LogP contribution in [0.1, 0.15) is 26.2 Å².